The molecule has 1 aliphatic heterocycles. The first-order valence-electron chi connectivity index (χ1n) is 12.2. The van der Waals surface area contributed by atoms with Gasteiger partial charge >= 0.3 is 11.9 Å². The standard InChI is InChI=1S/C28H32N2O4S2/c1-3-25(31)33-20-9-13-22(14-10-20)35-24-19-28(17-7-5-6-8-18-28)27(30-29-24)36-23-15-11-21(12-16-23)34-26(32)4-2/h3-4,9-16,24,27,29-30H,1-2,5-8,17-19H2. The summed E-state index contributed by atoms with van der Waals surface area (Å²) in [4.78, 5) is 25.1. The Morgan fingerprint density at radius 2 is 1.28 bits per heavy atom. The molecule has 2 N–H and O–H groups in total. The molecule has 1 saturated carbocycles. The summed E-state index contributed by atoms with van der Waals surface area (Å²) in [5.74, 6) is 0.118. The van der Waals surface area contributed by atoms with Gasteiger partial charge in [0.15, 0.2) is 0 Å². The van der Waals surface area contributed by atoms with Crippen LogP contribution >= 0.6 is 23.5 Å². The van der Waals surface area contributed by atoms with E-state index in [1.54, 1.807) is 11.8 Å². The molecular weight excluding hydrogens is 492 g/mol. The van der Waals surface area contributed by atoms with E-state index in [1.807, 2.05) is 60.3 Å². The number of carbonyl (C=O) groups excluding carboxylic acids is 2. The second-order valence-electron chi connectivity index (χ2n) is 9.07. The zero-order chi connectivity index (χ0) is 25.4. The van der Waals surface area contributed by atoms with Gasteiger partial charge in [-0.3, -0.25) is 0 Å². The first kappa shape index (κ1) is 26.5. The van der Waals surface area contributed by atoms with Crippen LogP contribution in [0.4, 0.5) is 0 Å². The molecule has 2 aromatic carbocycles. The molecule has 2 fully saturated rings. The lowest BCUT2D eigenvalue weighted by Gasteiger charge is -2.47. The Morgan fingerprint density at radius 3 is 1.78 bits per heavy atom. The third kappa shape index (κ3) is 7.03. The molecule has 2 aliphatic rings. The van der Waals surface area contributed by atoms with Crippen LogP contribution in [0.3, 0.4) is 0 Å². The number of carbonyl (C=O) groups is 2. The topological polar surface area (TPSA) is 76.7 Å². The normalized spacial score (nSPS) is 21.2. The quantitative estimate of drug-likeness (QED) is 0.239. The summed E-state index contributed by atoms with van der Waals surface area (Å²) < 4.78 is 10.4. The van der Waals surface area contributed by atoms with Crippen LogP contribution in [0.5, 0.6) is 11.5 Å². The van der Waals surface area contributed by atoms with Gasteiger partial charge in [0.25, 0.3) is 0 Å². The van der Waals surface area contributed by atoms with Gasteiger partial charge in [-0.1, -0.05) is 38.8 Å². The molecule has 1 spiro atoms. The van der Waals surface area contributed by atoms with E-state index >= 15 is 0 Å². The molecule has 0 amide bonds. The molecule has 6 nitrogen and oxygen atoms in total. The average Bonchev–Trinajstić information content (AvgIpc) is 3.13. The number of thioether (sulfide) groups is 2. The predicted octanol–water partition coefficient (Wildman–Crippen LogP) is 6.24. The van der Waals surface area contributed by atoms with Crippen molar-refractivity contribution in [1.82, 2.24) is 10.9 Å². The first-order chi connectivity index (χ1) is 17.5. The average molecular weight is 525 g/mol. The molecule has 190 valence electrons. The molecular formula is C28H32N2O4S2. The van der Waals surface area contributed by atoms with Crippen molar-refractivity contribution in [2.45, 2.75) is 65.5 Å². The van der Waals surface area contributed by atoms with E-state index in [0.29, 0.717) is 11.5 Å². The van der Waals surface area contributed by atoms with Crippen molar-refractivity contribution in [3.8, 4) is 11.5 Å². The van der Waals surface area contributed by atoms with Gasteiger partial charge in [0.05, 0.1) is 10.7 Å². The minimum Gasteiger partial charge on any atom is -0.423 e. The van der Waals surface area contributed by atoms with Gasteiger partial charge in [-0.25, -0.2) is 20.4 Å². The van der Waals surface area contributed by atoms with E-state index in [1.165, 1.54) is 38.5 Å². The fourth-order valence-electron chi connectivity index (χ4n) is 4.76. The number of benzene rings is 2. The van der Waals surface area contributed by atoms with E-state index in [9.17, 15) is 9.59 Å². The van der Waals surface area contributed by atoms with Gasteiger partial charge in [0.2, 0.25) is 0 Å². The van der Waals surface area contributed by atoms with Crippen molar-refractivity contribution in [3.05, 3.63) is 73.8 Å². The van der Waals surface area contributed by atoms with Crippen LogP contribution in [-0.4, -0.2) is 22.7 Å². The summed E-state index contributed by atoms with van der Waals surface area (Å²) in [5, 5.41) is 0.455. The van der Waals surface area contributed by atoms with E-state index in [0.717, 1.165) is 28.4 Å². The first-order valence-corrected chi connectivity index (χ1v) is 14.0. The van der Waals surface area contributed by atoms with Crippen LogP contribution in [0.15, 0.2) is 83.6 Å². The Morgan fingerprint density at radius 1 is 0.778 bits per heavy atom. The SMILES string of the molecule is C=CC(=O)Oc1ccc(SC2CC3(CCCCCC3)C(Sc3ccc(OC(=O)C=C)cc3)NN2)cc1. The number of esters is 2. The van der Waals surface area contributed by atoms with Crippen molar-refractivity contribution in [2.75, 3.05) is 0 Å². The molecule has 8 heteroatoms. The zero-order valence-corrected chi connectivity index (χ0v) is 21.9. The van der Waals surface area contributed by atoms with Crippen LogP contribution < -0.4 is 20.3 Å². The minimum atomic E-state index is -0.459. The van der Waals surface area contributed by atoms with Gasteiger partial charge in [-0.05, 0) is 73.2 Å². The van der Waals surface area contributed by atoms with E-state index in [2.05, 4.69) is 24.0 Å². The van der Waals surface area contributed by atoms with Crippen LogP contribution in [0.1, 0.15) is 44.9 Å². The third-order valence-corrected chi connectivity index (χ3v) is 9.08. The molecule has 2 atom stereocenters. The number of nitrogens with one attached hydrogen (secondary N) is 2. The van der Waals surface area contributed by atoms with Gasteiger partial charge < -0.3 is 9.47 Å². The summed E-state index contributed by atoms with van der Waals surface area (Å²) in [6.07, 6.45) is 10.8. The van der Waals surface area contributed by atoms with Crippen LogP contribution in [-0.2, 0) is 9.59 Å². The van der Waals surface area contributed by atoms with Crippen LogP contribution in [0, 0.1) is 5.41 Å². The molecule has 1 saturated heterocycles. The number of rotatable bonds is 8. The zero-order valence-electron chi connectivity index (χ0n) is 20.2. The molecule has 2 unspecified atom stereocenters. The molecule has 1 heterocycles. The largest absolute Gasteiger partial charge is 0.423 e. The smallest absolute Gasteiger partial charge is 0.335 e. The van der Waals surface area contributed by atoms with Crippen molar-refractivity contribution in [1.29, 1.82) is 0 Å². The number of ether oxygens (including phenoxy) is 2. The second kappa shape index (κ2) is 12.6. The Balaban J connectivity index is 1.43. The van der Waals surface area contributed by atoms with Gasteiger partial charge in [-0.15, -0.1) is 23.5 Å². The Hall–Kier alpha value is -2.52. The van der Waals surface area contributed by atoms with E-state index < -0.39 is 11.9 Å². The summed E-state index contributed by atoms with van der Waals surface area (Å²) in [6, 6.07) is 15.3. The Labute approximate surface area is 221 Å². The molecule has 0 bridgehead atoms. The summed E-state index contributed by atoms with van der Waals surface area (Å²) in [5.41, 5.74) is 7.36. The molecule has 0 radical (unpaired) electrons. The molecule has 36 heavy (non-hydrogen) atoms. The molecule has 0 aromatic heterocycles. The van der Waals surface area contributed by atoms with E-state index in [-0.39, 0.29) is 16.2 Å². The maximum absolute atomic E-state index is 11.5. The fourth-order valence-corrected chi connectivity index (χ4v) is 7.20. The highest BCUT2D eigenvalue weighted by Crippen LogP contribution is 2.50. The molecule has 1 aliphatic carbocycles. The van der Waals surface area contributed by atoms with Crippen molar-refractivity contribution < 1.29 is 19.1 Å². The maximum Gasteiger partial charge on any atom is 0.335 e. The lowest BCUT2D eigenvalue weighted by atomic mass is 9.76. The van der Waals surface area contributed by atoms with Crippen LogP contribution in [0.25, 0.3) is 0 Å². The molecule has 4 rings (SSSR count). The Bertz CT molecular complexity index is 1060. The summed E-state index contributed by atoms with van der Waals surface area (Å²) >= 11 is 3.62. The maximum atomic E-state index is 11.5. The highest BCUT2D eigenvalue weighted by atomic mass is 32.2. The van der Waals surface area contributed by atoms with E-state index in [4.69, 9.17) is 9.47 Å². The van der Waals surface area contributed by atoms with Crippen molar-refractivity contribution in [3.63, 3.8) is 0 Å². The van der Waals surface area contributed by atoms with Crippen molar-refractivity contribution >= 4 is 35.5 Å². The van der Waals surface area contributed by atoms with Gasteiger partial charge in [-0.2, -0.15) is 0 Å². The van der Waals surface area contributed by atoms with Crippen LogP contribution in [0.2, 0.25) is 0 Å². The monoisotopic (exact) mass is 524 g/mol. The minimum absolute atomic E-state index is 0.178. The van der Waals surface area contributed by atoms with Gasteiger partial charge in [0, 0.05) is 21.9 Å². The highest BCUT2D eigenvalue weighted by molar-refractivity contribution is 8.00. The lowest BCUT2D eigenvalue weighted by Crippen LogP contribution is -2.59. The van der Waals surface area contributed by atoms with Gasteiger partial charge in [0.1, 0.15) is 11.5 Å². The number of hydrogen-bond donors (Lipinski definition) is 2. The number of hydrogen-bond acceptors (Lipinski definition) is 8. The molecule has 2 aromatic rings. The summed E-state index contributed by atoms with van der Waals surface area (Å²) in [6.45, 7) is 6.87. The highest BCUT2D eigenvalue weighted by Gasteiger charge is 2.44. The second-order valence-corrected chi connectivity index (χ2v) is 11.5. The summed E-state index contributed by atoms with van der Waals surface area (Å²) in [7, 11) is 0. The Kier molecular flexibility index (Phi) is 9.31. The lowest BCUT2D eigenvalue weighted by molar-refractivity contribution is -0.129. The van der Waals surface area contributed by atoms with Crippen molar-refractivity contribution in [2.24, 2.45) is 5.41 Å². The third-order valence-electron chi connectivity index (χ3n) is 6.57. The fraction of sp³-hybridized carbons (Fsp3) is 0.357. The predicted molar refractivity (Wildman–Crippen MR) is 145 cm³/mol. The number of hydrazine groups is 1.